The number of ether oxygens (including phenoxy) is 4. The summed E-state index contributed by atoms with van der Waals surface area (Å²) in [6.45, 7) is 0.314. The van der Waals surface area contributed by atoms with E-state index in [1.165, 1.54) is 7.11 Å². The van der Waals surface area contributed by atoms with Crippen LogP contribution >= 0.6 is 0 Å². The van der Waals surface area contributed by atoms with Gasteiger partial charge in [-0.1, -0.05) is 6.07 Å². The average molecular weight is 373 g/mol. The minimum Gasteiger partial charge on any atom is -0.497 e. The molecular weight excluding hydrogens is 350 g/mol. The van der Waals surface area contributed by atoms with Crippen molar-refractivity contribution < 1.29 is 28.8 Å². The van der Waals surface area contributed by atoms with E-state index in [4.69, 9.17) is 18.9 Å². The van der Waals surface area contributed by atoms with E-state index < -0.39 is 6.10 Å². The van der Waals surface area contributed by atoms with Crippen molar-refractivity contribution in [1.29, 1.82) is 0 Å². The maximum Gasteiger partial charge on any atom is 0.231 e. The predicted octanol–water partition coefficient (Wildman–Crippen LogP) is 2.21. The van der Waals surface area contributed by atoms with Gasteiger partial charge in [-0.15, -0.1) is 0 Å². The highest BCUT2D eigenvalue weighted by Crippen LogP contribution is 2.33. The van der Waals surface area contributed by atoms with Crippen LogP contribution in [-0.2, 0) is 11.2 Å². The second-order valence-electron chi connectivity index (χ2n) is 6.12. The first-order chi connectivity index (χ1) is 13.1. The maximum absolute atomic E-state index is 12.1. The highest BCUT2D eigenvalue weighted by atomic mass is 16.7. The van der Waals surface area contributed by atoms with Gasteiger partial charge in [-0.2, -0.15) is 0 Å². The molecule has 0 fully saturated rings. The highest BCUT2D eigenvalue weighted by molar-refractivity contribution is 5.76. The van der Waals surface area contributed by atoms with Crippen molar-refractivity contribution in [3.63, 3.8) is 0 Å². The first kappa shape index (κ1) is 18.8. The Kier molecular flexibility index (Phi) is 6.03. The maximum atomic E-state index is 12.1. The fourth-order valence-electron chi connectivity index (χ4n) is 2.86. The number of aryl methyl sites for hydroxylation is 1. The quantitative estimate of drug-likeness (QED) is 0.738. The lowest BCUT2D eigenvalue weighted by molar-refractivity contribution is -0.121. The summed E-state index contributed by atoms with van der Waals surface area (Å²) in [4.78, 5) is 12.1. The van der Waals surface area contributed by atoms with Crippen molar-refractivity contribution in [3.8, 4) is 23.0 Å². The van der Waals surface area contributed by atoms with E-state index in [-0.39, 0.29) is 19.2 Å². The van der Waals surface area contributed by atoms with Gasteiger partial charge in [-0.3, -0.25) is 4.79 Å². The Morgan fingerprint density at radius 3 is 2.74 bits per heavy atom. The van der Waals surface area contributed by atoms with Crippen LogP contribution in [0.2, 0.25) is 0 Å². The molecule has 1 unspecified atom stereocenters. The van der Waals surface area contributed by atoms with Gasteiger partial charge in [-0.25, -0.2) is 0 Å². The molecule has 0 saturated heterocycles. The highest BCUT2D eigenvalue weighted by Gasteiger charge is 2.16. The number of methoxy groups -OCH3 is 2. The van der Waals surface area contributed by atoms with Crippen molar-refractivity contribution in [2.75, 3.05) is 27.6 Å². The SMILES string of the molecule is COc1ccc(OC)c(C(O)CNC(=O)CCc2ccc3c(c2)OCO3)c1. The summed E-state index contributed by atoms with van der Waals surface area (Å²) in [5, 5.41) is 13.2. The fourth-order valence-corrected chi connectivity index (χ4v) is 2.86. The van der Waals surface area contributed by atoms with Gasteiger partial charge in [-0.05, 0) is 42.3 Å². The van der Waals surface area contributed by atoms with Gasteiger partial charge in [0.15, 0.2) is 11.5 Å². The van der Waals surface area contributed by atoms with E-state index in [0.717, 1.165) is 11.3 Å². The van der Waals surface area contributed by atoms with Gasteiger partial charge in [0.2, 0.25) is 12.7 Å². The van der Waals surface area contributed by atoms with Crippen LogP contribution in [0.25, 0.3) is 0 Å². The zero-order valence-electron chi connectivity index (χ0n) is 15.4. The third-order valence-corrected chi connectivity index (χ3v) is 4.37. The first-order valence-electron chi connectivity index (χ1n) is 8.66. The Morgan fingerprint density at radius 1 is 1.15 bits per heavy atom. The van der Waals surface area contributed by atoms with Crippen molar-refractivity contribution >= 4 is 5.91 Å². The fraction of sp³-hybridized carbons (Fsp3) is 0.350. The van der Waals surface area contributed by atoms with E-state index in [1.807, 2.05) is 18.2 Å². The van der Waals surface area contributed by atoms with Crippen LogP contribution in [0.1, 0.15) is 23.7 Å². The van der Waals surface area contributed by atoms with E-state index >= 15 is 0 Å². The van der Waals surface area contributed by atoms with Crippen LogP contribution < -0.4 is 24.3 Å². The molecule has 0 bridgehead atoms. The van der Waals surface area contributed by atoms with Crippen LogP contribution in [0, 0.1) is 0 Å². The molecule has 2 aromatic carbocycles. The summed E-state index contributed by atoms with van der Waals surface area (Å²) in [6.07, 6.45) is -0.0209. The lowest BCUT2D eigenvalue weighted by Gasteiger charge is -2.16. The van der Waals surface area contributed by atoms with Crippen LogP contribution in [0.4, 0.5) is 0 Å². The van der Waals surface area contributed by atoms with Crippen molar-refractivity contribution in [1.82, 2.24) is 5.32 Å². The number of hydrogen-bond donors (Lipinski definition) is 2. The summed E-state index contributed by atoms with van der Waals surface area (Å²) in [5.41, 5.74) is 1.55. The molecule has 1 heterocycles. The summed E-state index contributed by atoms with van der Waals surface area (Å²) in [6, 6.07) is 10.8. The summed E-state index contributed by atoms with van der Waals surface area (Å²) >= 11 is 0. The molecule has 1 atom stereocenters. The van der Waals surface area contributed by atoms with E-state index in [1.54, 1.807) is 25.3 Å². The van der Waals surface area contributed by atoms with E-state index in [0.29, 0.717) is 35.7 Å². The lowest BCUT2D eigenvalue weighted by Crippen LogP contribution is -2.28. The molecule has 3 rings (SSSR count). The van der Waals surface area contributed by atoms with Crippen LogP contribution in [0.15, 0.2) is 36.4 Å². The molecule has 0 aromatic heterocycles. The van der Waals surface area contributed by atoms with Crippen molar-refractivity contribution in [3.05, 3.63) is 47.5 Å². The normalized spacial score (nSPS) is 13.1. The zero-order valence-corrected chi connectivity index (χ0v) is 15.4. The second kappa shape index (κ2) is 8.64. The summed E-state index contributed by atoms with van der Waals surface area (Å²) < 4.78 is 21.1. The molecule has 2 aromatic rings. The first-order valence-corrected chi connectivity index (χ1v) is 8.66. The predicted molar refractivity (Wildman–Crippen MR) is 98.4 cm³/mol. The number of nitrogens with one attached hydrogen (secondary N) is 1. The number of rotatable bonds is 8. The molecule has 0 radical (unpaired) electrons. The number of hydrogen-bond acceptors (Lipinski definition) is 6. The standard InChI is InChI=1S/C20H23NO6/c1-24-14-5-7-17(25-2)15(10-14)16(22)11-21-20(23)8-4-13-3-6-18-19(9-13)27-12-26-18/h3,5-7,9-10,16,22H,4,8,11-12H2,1-2H3,(H,21,23). The van der Waals surface area contributed by atoms with Gasteiger partial charge in [0.05, 0.1) is 20.3 Å². The van der Waals surface area contributed by atoms with Gasteiger partial charge in [0.25, 0.3) is 0 Å². The van der Waals surface area contributed by atoms with Gasteiger partial charge < -0.3 is 29.4 Å². The van der Waals surface area contributed by atoms with Gasteiger partial charge in [0.1, 0.15) is 11.5 Å². The Bertz CT molecular complexity index is 807. The minimum absolute atomic E-state index is 0.0868. The number of aliphatic hydroxyl groups is 1. The Balaban J connectivity index is 1.51. The van der Waals surface area contributed by atoms with Crippen LogP contribution in [0.5, 0.6) is 23.0 Å². The van der Waals surface area contributed by atoms with Crippen molar-refractivity contribution in [2.45, 2.75) is 18.9 Å². The van der Waals surface area contributed by atoms with E-state index in [9.17, 15) is 9.90 Å². The molecular formula is C20H23NO6. The third-order valence-electron chi connectivity index (χ3n) is 4.37. The molecule has 1 aliphatic heterocycles. The summed E-state index contributed by atoms with van der Waals surface area (Å²) in [5.74, 6) is 2.43. The third kappa shape index (κ3) is 4.62. The Morgan fingerprint density at radius 2 is 1.96 bits per heavy atom. The molecule has 7 heteroatoms. The van der Waals surface area contributed by atoms with Gasteiger partial charge >= 0.3 is 0 Å². The Hall–Kier alpha value is -2.93. The monoisotopic (exact) mass is 373 g/mol. The number of carbonyl (C=O) groups is 1. The number of aliphatic hydroxyl groups excluding tert-OH is 1. The molecule has 27 heavy (non-hydrogen) atoms. The molecule has 0 aliphatic carbocycles. The number of fused-ring (bicyclic) bond motifs is 1. The molecule has 1 amide bonds. The Labute approximate surface area is 157 Å². The smallest absolute Gasteiger partial charge is 0.231 e. The second-order valence-corrected chi connectivity index (χ2v) is 6.12. The lowest BCUT2D eigenvalue weighted by atomic mass is 10.1. The zero-order chi connectivity index (χ0) is 19.2. The number of benzene rings is 2. The molecule has 0 spiro atoms. The molecule has 1 aliphatic rings. The molecule has 2 N–H and O–H groups in total. The molecule has 7 nitrogen and oxygen atoms in total. The molecule has 144 valence electrons. The minimum atomic E-state index is -0.899. The van der Waals surface area contributed by atoms with E-state index in [2.05, 4.69) is 5.32 Å². The largest absolute Gasteiger partial charge is 0.497 e. The number of carbonyl (C=O) groups excluding carboxylic acids is 1. The number of amides is 1. The van der Waals surface area contributed by atoms with Crippen molar-refractivity contribution in [2.24, 2.45) is 0 Å². The average Bonchev–Trinajstić information content (AvgIpc) is 3.17. The van der Waals surface area contributed by atoms with Crippen LogP contribution in [0.3, 0.4) is 0 Å². The topological polar surface area (TPSA) is 86.2 Å². The molecule has 0 saturated carbocycles. The summed E-state index contributed by atoms with van der Waals surface area (Å²) in [7, 11) is 3.08. The van der Waals surface area contributed by atoms with Gasteiger partial charge in [0, 0.05) is 18.5 Å². The van der Waals surface area contributed by atoms with Crippen LogP contribution in [-0.4, -0.2) is 38.6 Å².